The highest BCUT2D eigenvalue weighted by Gasteiger charge is 2.11. The van der Waals surface area contributed by atoms with Crippen LogP contribution in [0.15, 0.2) is 42.5 Å². The second-order valence-corrected chi connectivity index (χ2v) is 5.93. The lowest BCUT2D eigenvalue weighted by molar-refractivity contribution is 0.0963. The molecule has 0 heterocycles. The topological polar surface area (TPSA) is 61.4 Å². The van der Waals surface area contributed by atoms with Crippen molar-refractivity contribution in [1.82, 2.24) is 10.2 Å². The van der Waals surface area contributed by atoms with Crippen LogP contribution >= 0.6 is 11.6 Å². The molecule has 0 radical (unpaired) electrons. The zero-order chi connectivity index (χ0) is 17.7. The molecule has 2 N–H and O–H groups in total. The Hall–Kier alpha value is -2.53. The predicted molar refractivity (Wildman–Crippen MR) is 96.5 cm³/mol. The highest BCUT2D eigenvalue weighted by Crippen LogP contribution is 2.20. The Bertz CT molecular complexity index is 744. The van der Waals surface area contributed by atoms with Crippen molar-refractivity contribution in [2.45, 2.75) is 13.5 Å². The largest absolute Gasteiger partial charge is 0.355 e. The number of nitrogens with one attached hydrogen (secondary N) is 2. The van der Waals surface area contributed by atoms with E-state index in [9.17, 15) is 9.59 Å². The number of urea groups is 1. The molecule has 5 nitrogen and oxygen atoms in total. The van der Waals surface area contributed by atoms with Crippen molar-refractivity contribution < 1.29 is 9.59 Å². The van der Waals surface area contributed by atoms with Crippen LogP contribution in [0.5, 0.6) is 0 Å². The summed E-state index contributed by atoms with van der Waals surface area (Å²) >= 11 is 6.06. The first-order valence-corrected chi connectivity index (χ1v) is 7.88. The van der Waals surface area contributed by atoms with E-state index in [1.54, 1.807) is 37.2 Å². The highest BCUT2D eigenvalue weighted by molar-refractivity contribution is 6.31. The molecule has 6 heteroatoms. The van der Waals surface area contributed by atoms with Gasteiger partial charge in [0.25, 0.3) is 5.91 Å². The number of hydrogen-bond acceptors (Lipinski definition) is 2. The maximum atomic E-state index is 12.2. The van der Waals surface area contributed by atoms with E-state index in [0.29, 0.717) is 22.8 Å². The molecule has 0 saturated heterocycles. The molecular formula is C18H20ClN3O2. The summed E-state index contributed by atoms with van der Waals surface area (Å²) in [6, 6.07) is 12.3. The van der Waals surface area contributed by atoms with Crippen molar-refractivity contribution in [3.05, 3.63) is 64.2 Å². The summed E-state index contributed by atoms with van der Waals surface area (Å²) in [5, 5.41) is 5.99. The van der Waals surface area contributed by atoms with Gasteiger partial charge in [-0.25, -0.2) is 4.79 Å². The molecule has 0 bridgehead atoms. The Morgan fingerprint density at radius 1 is 1.12 bits per heavy atom. The number of nitrogens with zero attached hydrogens (tertiary/aromatic N) is 1. The molecule has 126 valence electrons. The van der Waals surface area contributed by atoms with Gasteiger partial charge in [0.15, 0.2) is 0 Å². The van der Waals surface area contributed by atoms with Gasteiger partial charge in [0.2, 0.25) is 0 Å². The maximum Gasteiger partial charge on any atom is 0.321 e. The number of rotatable bonds is 4. The zero-order valence-corrected chi connectivity index (χ0v) is 14.6. The number of halogens is 1. The van der Waals surface area contributed by atoms with Crippen molar-refractivity contribution in [3.8, 4) is 0 Å². The highest BCUT2D eigenvalue weighted by atomic mass is 35.5. The summed E-state index contributed by atoms with van der Waals surface area (Å²) in [4.78, 5) is 25.3. The Morgan fingerprint density at radius 3 is 2.38 bits per heavy atom. The van der Waals surface area contributed by atoms with Crippen LogP contribution in [0.3, 0.4) is 0 Å². The van der Waals surface area contributed by atoms with Gasteiger partial charge in [0.05, 0.1) is 0 Å². The maximum absolute atomic E-state index is 12.2. The van der Waals surface area contributed by atoms with Gasteiger partial charge < -0.3 is 15.5 Å². The smallest absolute Gasteiger partial charge is 0.321 e. The number of benzene rings is 2. The van der Waals surface area contributed by atoms with Crippen LogP contribution in [0.4, 0.5) is 10.5 Å². The Morgan fingerprint density at radius 2 is 1.79 bits per heavy atom. The number of hydrogen-bond donors (Lipinski definition) is 2. The van der Waals surface area contributed by atoms with Crippen LogP contribution in [0, 0.1) is 6.92 Å². The van der Waals surface area contributed by atoms with Gasteiger partial charge in [-0.3, -0.25) is 4.79 Å². The van der Waals surface area contributed by atoms with E-state index in [0.717, 1.165) is 11.1 Å². The van der Waals surface area contributed by atoms with E-state index in [2.05, 4.69) is 10.6 Å². The standard InChI is InChI=1S/C18H20ClN3O2/c1-12-4-9-15(10-16(12)19)21-18(24)22(3)11-13-5-7-14(8-6-13)17(23)20-2/h4-10H,11H2,1-3H3,(H,20,23)(H,21,24). The second-order valence-electron chi connectivity index (χ2n) is 5.53. The van der Waals surface area contributed by atoms with Crippen LogP contribution < -0.4 is 10.6 Å². The van der Waals surface area contributed by atoms with E-state index in [-0.39, 0.29) is 11.9 Å². The first-order valence-electron chi connectivity index (χ1n) is 7.50. The third-order valence-electron chi connectivity index (χ3n) is 3.63. The Kier molecular flexibility index (Phi) is 5.82. The predicted octanol–water partition coefficient (Wildman–Crippen LogP) is 3.67. The summed E-state index contributed by atoms with van der Waals surface area (Å²) in [5.41, 5.74) is 3.13. The number of aryl methyl sites for hydroxylation is 1. The first-order chi connectivity index (χ1) is 11.4. The Labute approximate surface area is 146 Å². The van der Waals surface area contributed by atoms with E-state index >= 15 is 0 Å². The molecule has 0 fully saturated rings. The van der Waals surface area contributed by atoms with E-state index in [1.807, 2.05) is 31.2 Å². The molecule has 0 saturated carbocycles. The molecule has 0 aliphatic heterocycles. The van der Waals surface area contributed by atoms with Crippen LogP contribution in [0.2, 0.25) is 5.02 Å². The van der Waals surface area contributed by atoms with Crippen molar-refractivity contribution >= 4 is 29.2 Å². The van der Waals surface area contributed by atoms with Crippen LogP contribution in [0.25, 0.3) is 0 Å². The van der Waals surface area contributed by atoms with Gasteiger partial charge in [-0.05, 0) is 42.3 Å². The lowest BCUT2D eigenvalue weighted by atomic mass is 10.1. The molecule has 3 amide bonds. The molecule has 0 aliphatic carbocycles. The number of anilines is 1. The van der Waals surface area contributed by atoms with E-state index in [1.165, 1.54) is 0 Å². The lowest BCUT2D eigenvalue weighted by Crippen LogP contribution is -2.30. The minimum Gasteiger partial charge on any atom is -0.355 e. The third kappa shape index (κ3) is 4.49. The van der Waals surface area contributed by atoms with Gasteiger partial charge in [-0.1, -0.05) is 29.8 Å². The fraction of sp³-hybridized carbons (Fsp3) is 0.222. The average molecular weight is 346 g/mol. The van der Waals surface area contributed by atoms with Crippen LogP contribution in [-0.4, -0.2) is 30.9 Å². The van der Waals surface area contributed by atoms with Crippen LogP contribution in [0.1, 0.15) is 21.5 Å². The summed E-state index contributed by atoms with van der Waals surface area (Å²) in [5.74, 6) is -0.135. The fourth-order valence-corrected chi connectivity index (χ4v) is 2.32. The van der Waals surface area contributed by atoms with Crippen molar-refractivity contribution in [2.75, 3.05) is 19.4 Å². The second kappa shape index (κ2) is 7.84. The van der Waals surface area contributed by atoms with E-state index in [4.69, 9.17) is 11.6 Å². The van der Waals surface area contributed by atoms with Crippen molar-refractivity contribution in [2.24, 2.45) is 0 Å². The quantitative estimate of drug-likeness (QED) is 0.888. The first kappa shape index (κ1) is 17.8. The van der Waals surface area contributed by atoms with Crippen molar-refractivity contribution in [1.29, 1.82) is 0 Å². The molecule has 2 rings (SSSR count). The molecule has 0 unspecified atom stereocenters. The molecular weight excluding hydrogens is 326 g/mol. The molecule has 2 aromatic rings. The molecule has 2 aromatic carbocycles. The SMILES string of the molecule is CNC(=O)c1ccc(CN(C)C(=O)Nc2ccc(C)c(Cl)c2)cc1. The summed E-state index contributed by atoms with van der Waals surface area (Å²) in [6.45, 7) is 2.34. The van der Waals surface area contributed by atoms with Gasteiger partial charge >= 0.3 is 6.03 Å². The summed E-state index contributed by atoms with van der Waals surface area (Å²) < 4.78 is 0. The molecule has 0 aromatic heterocycles. The molecule has 0 atom stereocenters. The molecule has 0 aliphatic rings. The zero-order valence-electron chi connectivity index (χ0n) is 13.9. The monoisotopic (exact) mass is 345 g/mol. The molecule has 24 heavy (non-hydrogen) atoms. The fourth-order valence-electron chi connectivity index (χ4n) is 2.14. The van der Waals surface area contributed by atoms with E-state index < -0.39 is 0 Å². The Balaban J connectivity index is 1.98. The van der Waals surface area contributed by atoms with Crippen molar-refractivity contribution in [3.63, 3.8) is 0 Å². The average Bonchev–Trinajstić information content (AvgIpc) is 2.58. The minimum atomic E-state index is -0.231. The van der Waals surface area contributed by atoms with Gasteiger partial charge in [0, 0.05) is 36.9 Å². The number of amides is 3. The van der Waals surface area contributed by atoms with Gasteiger partial charge in [-0.15, -0.1) is 0 Å². The third-order valence-corrected chi connectivity index (χ3v) is 4.04. The van der Waals surface area contributed by atoms with Gasteiger partial charge in [-0.2, -0.15) is 0 Å². The van der Waals surface area contributed by atoms with Gasteiger partial charge in [0.1, 0.15) is 0 Å². The lowest BCUT2D eigenvalue weighted by Gasteiger charge is -2.18. The molecule has 0 spiro atoms. The number of carbonyl (C=O) groups is 2. The number of carbonyl (C=O) groups excluding carboxylic acids is 2. The van der Waals surface area contributed by atoms with Crippen LogP contribution in [-0.2, 0) is 6.54 Å². The normalized spacial score (nSPS) is 10.2. The summed E-state index contributed by atoms with van der Waals surface area (Å²) in [7, 11) is 3.30. The minimum absolute atomic E-state index is 0.135. The summed E-state index contributed by atoms with van der Waals surface area (Å²) in [6.07, 6.45) is 0.